The second-order valence-electron chi connectivity index (χ2n) is 5.45. The van der Waals surface area contributed by atoms with Crippen LogP contribution < -0.4 is 4.18 Å². The number of benzene rings is 1. The number of nitro groups is 1. The third-order valence-corrected chi connectivity index (χ3v) is 3.72. The highest BCUT2D eigenvalue weighted by molar-refractivity contribution is 7.86. The Hall–Kier alpha value is -2.84. The Balaban J connectivity index is 2.86. The molecule has 0 radical (unpaired) electrons. The van der Waals surface area contributed by atoms with Crippen LogP contribution in [0.15, 0.2) is 18.2 Å². The molecule has 0 aliphatic heterocycles. The molecule has 0 fully saturated rings. The van der Waals surface area contributed by atoms with E-state index in [2.05, 4.69) is 9.28 Å². The summed E-state index contributed by atoms with van der Waals surface area (Å²) >= 11 is 0. The van der Waals surface area contributed by atoms with Crippen molar-refractivity contribution in [2.45, 2.75) is 19.3 Å². The SMILES string of the molecule is Cc1ccc(-n2nc(C(F)(F)F)c([N+](=O)[O-])c2C(F)(F)F)cc1OS(C)(=O)=O. The Bertz CT molecular complexity index is 1040. The van der Waals surface area contributed by atoms with E-state index in [1.165, 1.54) is 6.92 Å². The lowest BCUT2D eigenvalue weighted by molar-refractivity contribution is -0.391. The minimum absolute atomic E-state index is 0.125. The Labute approximate surface area is 152 Å². The minimum Gasteiger partial charge on any atom is -0.382 e. The fourth-order valence-electron chi connectivity index (χ4n) is 2.19. The van der Waals surface area contributed by atoms with Crippen LogP contribution in [0.5, 0.6) is 5.75 Å². The van der Waals surface area contributed by atoms with Crippen molar-refractivity contribution in [2.24, 2.45) is 0 Å². The number of nitrogens with zero attached hydrogens (tertiary/aromatic N) is 3. The van der Waals surface area contributed by atoms with E-state index in [1.807, 2.05) is 0 Å². The fraction of sp³-hybridized carbons (Fsp3) is 0.308. The molecule has 0 spiro atoms. The summed E-state index contributed by atoms with van der Waals surface area (Å²) in [6.07, 6.45) is -10.5. The zero-order chi connectivity index (χ0) is 21.7. The van der Waals surface area contributed by atoms with Crippen molar-refractivity contribution in [3.05, 3.63) is 45.3 Å². The lowest BCUT2D eigenvalue weighted by Crippen LogP contribution is -2.15. The van der Waals surface area contributed by atoms with E-state index >= 15 is 0 Å². The second kappa shape index (κ2) is 6.65. The lowest BCUT2D eigenvalue weighted by atomic mass is 10.2. The van der Waals surface area contributed by atoms with Gasteiger partial charge in [0.25, 0.3) is 0 Å². The molecule has 0 saturated carbocycles. The van der Waals surface area contributed by atoms with Crippen LogP contribution >= 0.6 is 0 Å². The summed E-state index contributed by atoms with van der Waals surface area (Å²) in [6, 6.07) is 2.59. The maximum Gasteiger partial charge on any atom is 0.442 e. The Morgan fingerprint density at radius 1 is 1.14 bits per heavy atom. The number of halogens is 6. The summed E-state index contributed by atoms with van der Waals surface area (Å²) in [6.45, 7) is 1.32. The van der Waals surface area contributed by atoms with Gasteiger partial charge in [0.1, 0.15) is 5.75 Å². The molecule has 2 rings (SSSR count). The molecule has 0 atom stereocenters. The molecule has 0 saturated heterocycles. The predicted octanol–water partition coefficient (Wildman–Crippen LogP) is 3.46. The van der Waals surface area contributed by atoms with Crippen LogP contribution in [0.3, 0.4) is 0 Å². The molecule has 8 nitrogen and oxygen atoms in total. The van der Waals surface area contributed by atoms with E-state index in [0.717, 1.165) is 12.1 Å². The first-order chi connectivity index (χ1) is 12.5. The molecule has 0 N–H and O–H groups in total. The summed E-state index contributed by atoms with van der Waals surface area (Å²) in [5.74, 6) is -0.486. The van der Waals surface area contributed by atoms with E-state index in [1.54, 1.807) is 0 Å². The first kappa shape index (κ1) is 21.5. The number of hydrogen-bond acceptors (Lipinski definition) is 6. The van der Waals surface area contributed by atoms with Gasteiger partial charge in [-0.3, -0.25) is 10.1 Å². The molecule has 2 aromatic rings. The summed E-state index contributed by atoms with van der Waals surface area (Å²) in [5, 5.41) is 13.7. The minimum atomic E-state index is -5.58. The molecule has 154 valence electrons. The van der Waals surface area contributed by atoms with Crippen LogP contribution in [0.1, 0.15) is 17.0 Å². The van der Waals surface area contributed by atoms with Crippen LogP contribution in [0.25, 0.3) is 5.69 Å². The van der Waals surface area contributed by atoms with Crippen LogP contribution in [0, 0.1) is 17.0 Å². The van der Waals surface area contributed by atoms with Gasteiger partial charge >= 0.3 is 28.2 Å². The fourth-order valence-corrected chi connectivity index (χ4v) is 2.69. The highest BCUT2D eigenvalue weighted by Gasteiger charge is 2.52. The number of alkyl halides is 6. The molecular formula is C13H9F6N3O5S. The van der Waals surface area contributed by atoms with Crippen molar-refractivity contribution in [2.75, 3.05) is 6.26 Å². The van der Waals surface area contributed by atoms with Crippen molar-refractivity contribution in [3.8, 4) is 11.4 Å². The Kier molecular flexibility index (Phi) is 5.09. The molecule has 0 amide bonds. The van der Waals surface area contributed by atoms with Gasteiger partial charge in [0.15, 0.2) is 0 Å². The third-order valence-electron chi connectivity index (χ3n) is 3.24. The smallest absolute Gasteiger partial charge is 0.382 e. The zero-order valence-corrected chi connectivity index (χ0v) is 14.6. The number of aromatic nitrogens is 2. The standard InChI is InChI=1S/C13H9F6N3O5S/c1-6-3-4-7(5-8(6)27-28(2,25)26)21-11(13(17,18)19)9(22(23)24)10(20-21)12(14,15)16/h3-5H,1-2H3. The topological polar surface area (TPSA) is 104 Å². The summed E-state index contributed by atoms with van der Waals surface area (Å²) < 4.78 is 106. The van der Waals surface area contributed by atoms with Crippen molar-refractivity contribution >= 4 is 15.8 Å². The maximum atomic E-state index is 13.3. The van der Waals surface area contributed by atoms with Gasteiger partial charge in [-0.25, -0.2) is 4.68 Å². The van der Waals surface area contributed by atoms with Gasteiger partial charge in [-0.15, -0.1) is 0 Å². The average Bonchev–Trinajstić information content (AvgIpc) is 2.89. The summed E-state index contributed by atoms with van der Waals surface area (Å²) in [4.78, 5) is 9.10. The maximum absolute atomic E-state index is 13.3. The average molecular weight is 433 g/mol. The molecule has 28 heavy (non-hydrogen) atoms. The van der Waals surface area contributed by atoms with E-state index in [4.69, 9.17) is 0 Å². The molecular weight excluding hydrogens is 424 g/mol. The highest BCUT2D eigenvalue weighted by atomic mass is 32.2. The van der Waals surface area contributed by atoms with Crippen LogP contribution in [0.4, 0.5) is 32.0 Å². The highest BCUT2D eigenvalue weighted by Crippen LogP contribution is 2.44. The first-order valence-electron chi connectivity index (χ1n) is 6.94. The van der Waals surface area contributed by atoms with Crippen molar-refractivity contribution in [1.29, 1.82) is 0 Å². The monoisotopic (exact) mass is 433 g/mol. The number of aryl methyl sites for hydroxylation is 1. The normalized spacial score (nSPS) is 12.9. The molecule has 1 heterocycles. The predicted molar refractivity (Wildman–Crippen MR) is 80.4 cm³/mol. The molecule has 0 aliphatic rings. The third kappa shape index (κ3) is 4.35. The summed E-state index contributed by atoms with van der Waals surface area (Å²) in [5.41, 5.74) is -7.50. The van der Waals surface area contributed by atoms with Crippen molar-refractivity contribution in [1.82, 2.24) is 9.78 Å². The molecule has 1 aromatic heterocycles. The van der Waals surface area contributed by atoms with Gasteiger partial charge in [-0.1, -0.05) is 6.07 Å². The number of rotatable bonds is 4. The van der Waals surface area contributed by atoms with Crippen molar-refractivity contribution < 1.29 is 43.9 Å². The largest absolute Gasteiger partial charge is 0.442 e. The molecule has 1 aromatic carbocycles. The Morgan fingerprint density at radius 2 is 1.71 bits per heavy atom. The quantitative estimate of drug-likeness (QED) is 0.317. The van der Waals surface area contributed by atoms with E-state index in [0.29, 0.717) is 12.3 Å². The molecule has 15 heteroatoms. The van der Waals surface area contributed by atoms with Gasteiger partial charge in [0.05, 0.1) is 16.9 Å². The Morgan fingerprint density at radius 3 is 2.14 bits per heavy atom. The van der Waals surface area contributed by atoms with Gasteiger partial charge in [0, 0.05) is 6.07 Å². The van der Waals surface area contributed by atoms with Gasteiger partial charge in [-0.2, -0.15) is 39.9 Å². The van der Waals surface area contributed by atoms with E-state index in [9.17, 15) is 44.9 Å². The first-order valence-corrected chi connectivity index (χ1v) is 8.76. The van der Waals surface area contributed by atoms with Gasteiger partial charge in [-0.05, 0) is 18.6 Å². The van der Waals surface area contributed by atoms with Crippen LogP contribution in [-0.4, -0.2) is 29.4 Å². The number of hydrogen-bond donors (Lipinski definition) is 0. The second-order valence-corrected chi connectivity index (χ2v) is 7.02. The van der Waals surface area contributed by atoms with Gasteiger partial charge < -0.3 is 4.18 Å². The van der Waals surface area contributed by atoms with Crippen LogP contribution in [0.2, 0.25) is 0 Å². The van der Waals surface area contributed by atoms with Crippen LogP contribution in [-0.2, 0) is 22.5 Å². The molecule has 0 aliphatic carbocycles. The van der Waals surface area contributed by atoms with E-state index < -0.39 is 55.9 Å². The van der Waals surface area contributed by atoms with Gasteiger partial charge in [0.2, 0.25) is 11.4 Å². The van der Waals surface area contributed by atoms with Crippen molar-refractivity contribution in [3.63, 3.8) is 0 Å². The summed E-state index contributed by atoms with van der Waals surface area (Å²) in [7, 11) is -4.12. The lowest BCUT2D eigenvalue weighted by Gasteiger charge is -2.12. The van der Waals surface area contributed by atoms with E-state index in [-0.39, 0.29) is 10.2 Å². The molecule has 0 unspecified atom stereocenters. The molecule has 0 bridgehead atoms. The zero-order valence-electron chi connectivity index (χ0n) is 13.8.